The number of ether oxygens (including phenoxy) is 1. The van der Waals surface area contributed by atoms with Gasteiger partial charge in [-0.05, 0) is 24.1 Å². The fourth-order valence-corrected chi connectivity index (χ4v) is 1.95. The smallest absolute Gasteiger partial charge is 0.299 e. The number of hydrogen-bond donors (Lipinski definition) is 0. The zero-order valence-electron chi connectivity index (χ0n) is 10.2. The molecule has 1 heterocycles. The maximum atomic E-state index is 11.8. The van der Waals surface area contributed by atoms with Crippen LogP contribution in [-0.4, -0.2) is 25.3 Å². The minimum absolute atomic E-state index is 0.319. The Kier molecular flexibility index (Phi) is 2.88. The van der Waals surface area contributed by atoms with E-state index in [1.807, 2.05) is 13.8 Å². The molecule has 0 atom stereocenters. The van der Waals surface area contributed by atoms with E-state index in [4.69, 9.17) is 4.74 Å². The lowest BCUT2D eigenvalue weighted by atomic mass is 10.1. The van der Waals surface area contributed by atoms with Crippen LogP contribution < -0.4 is 9.64 Å². The summed E-state index contributed by atoms with van der Waals surface area (Å²) in [6, 6.07) is 5.15. The standard InChI is InChI=1S/C13H15NO3/c1-8(2)7-14-11-5-4-9(17-3)6-10(11)12(15)13(14)16/h4-6,8H,7H2,1-3H3. The number of fused-ring (bicyclic) bond motifs is 1. The zero-order chi connectivity index (χ0) is 12.6. The van der Waals surface area contributed by atoms with E-state index in [1.54, 1.807) is 23.1 Å². The van der Waals surface area contributed by atoms with Crippen molar-refractivity contribution in [2.45, 2.75) is 13.8 Å². The Balaban J connectivity index is 2.43. The summed E-state index contributed by atoms with van der Waals surface area (Å²) in [7, 11) is 1.54. The first-order valence-electron chi connectivity index (χ1n) is 5.59. The minimum atomic E-state index is -0.445. The lowest BCUT2D eigenvalue weighted by Gasteiger charge is -2.18. The molecule has 0 aromatic heterocycles. The van der Waals surface area contributed by atoms with Gasteiger partial charge >= 0.3 is 0 Å². The summed E-state index contributed by atoms with van der Waals surface area (Å²) >= 11 is 0. The second-order valence-corrected chi connectivity index (χ2v) is 4.52. The first kappa shape index (κ1) is 11.6. The van der Waals surface area contributed by atoms with Crippen molar-refractivity contribution in [2.75, 3.05) is 18.6 Å². The van der Waals surface area contributed by atoms with Crippen LogP contribution >= 0.6 is 0 Å². The third kappa shape index (κ3) is 1.90. The SMILES string of the molecule is COc1ccc2c(c1)C(=O)C(=O)N2CC(C)C. The summed E-state index contributed by atoms with van der Waals surface area (Å²) in [6.45, 7) is 4.59. The van der Waals surface area contributed by atoms with Crippen LogP contribution in [0.15, 0.2) is 18.2 Å². The van der Waals surface area contributed by atoms with Crippen molar-refractivity contribution in [3.05, 3.63) is 23.8 Å². The molecule has 0 saturated heterocycles. The van der Waals surface area contributed by atoms with Crippen LogP contribution in [0.4, 0.5) is 5.69 Å². The van der Waals surface area contributed by atoms with Crippen LogP contribution in [0.25, 0.3) is 0 Å². The highest BCUT2D eigenvalue weighted by atomic mass is 16.5. The normalized spacial score (nSPS) is 14.5. The molecule has 0 aliphatic carbocycles. The Morgan fingerprint density at radius 1 is 1.29 bits per heavy atom. The fourth-order valence-electron chi connectivity index (χ4n) is 1.95. The second kappa shape index (κ2) is 4.20. The minimum Gasteiger partial charge on any atom is -0.497 e. The summed E-state index contributed by atoms with van der Waals surface area (Å²) in [6.07, 6.45) is 0. The predicted molar refractivity (Wildman–Crippen MR) is 64.5 cm³/mol. The molecule has 0 saturated carbocycles. The lowest BCUT2D eigenvalue weighted by Crippen LogP contribution is -2.32. The lowest BCUT2D eigenvalue weighted by molar-refractivity contribution is -0.114. The molecule has 2 rings (SSSR count). The molecule has 4 nitrogen and oxygen atoms in total. The van der Waals surface area contributed by atoms with Crippen molar-refractivity contribution in [3.63, 3.8) is 0 Å². The van der Waals surface area contributed by atoms with E-state index >= 15 is 0 Å². The van der Waals surface area contributed by atoms with Gasteiger partial charge in [0.2, 0.25) is 0 Å². The summed E-state index contributed by atoms with van der Waals surface area (Å²) in [5.74, 6) is 0.0256. The molecule has 90 valence electrons. The maximum Gasteiger partial charge on any atom is 0.299 e. The van der Waals surface area contributed by atoms with E-state index in [1.165, 1.54) is 7.11 Å². The van der Waals surface area contributed by atoms with Crippen molar-refractivity contribution in [2.24, 2.45) is 5.92 Å². The van der Waals surface area contributed by atoms with Gasteiger partial charge in [0, 0.05) is 6.54 Å². The molecule has 1 aromatic rings. The number of carbonyl (C=O) groups is 2. The molecule has 4 heteroatoms. The highest BCUT2D eigenvalue weighted by Gasteiger charge is 2.36. The van der Waals surface area contributed by atoms with Gasteiger partial charge in [-0.15, -0.1) is 0 Å². The van der Waals surface area contributed by atoms with E-state index in [-0.39, 0.29) is 0 Å². The molecule has 1 aliphatic heterocycles. The maximum absolute atomic E-state index is 11.8. The fraction of sp³-hybridized carbons (Fsp3) is 0.385. The van der Waals surface area contributed by atoms with Crippen LogP contribution in [0.2, 0.25) is 0 Å². The highest BCUT2D eigenvalue weighted by molar-refractivity contribution is 6.52. The van der Waals surface area contributed by atoms with Crippen LogP contribution in [0.3, 0.4) is 0 Å². The van der Waals surface area contributed by atoms with E-state index in [9.17, 15) is 9.59 Å². The van der Waals surface area contributed by atoms with Gasteiger partial charge in [0.25, 0.3) is 11.7 Å². The number of amides is 1. The van der Waals surface area contributed by atoms with Gasteiger partial charge in [0.15, 0.2) is 0 Å². The van der Waals surface area contributed by atoms with Gasteiger partial charge in [0.05, 0.1) is 18.4 Å². The summed E-state index contributed by atoms with van der Waals surface area (Å²) in [4.78, 5) is 25.2. The van der Waals surface area contributed by atoms with E-state index in [0.717, 1.165) is 0 Å². The quantitative estimate of drug-likeness (QED) is 0.749. The van der Waals surface area contributed by atoms with Crippen molar-refractivity contribution in [1.82, 2.24) is 0 Å². The predicted octanol–water partition coefficient (Wildman–Crippen LogP) is 1.88. The summed E-state index contributed by atoms with van der Waals surface area (Å²) in [5.41, 5.74) is 1.13. The third-order valence-corrected chi connectivity index (χ3v) is 2.73. The molecule has 0 bridgehead atoms. The number of anilines is 1. The molecule has 1 amide bonds. The number of nitrogens with zero attached hydrogens (tertiary/aromatic N) is 1. The Hall–Kier alpha value is -1.84. The Labute approximate surface area is 100 Å². The molecule has 0 spiro atoms. The Morgan fingerprint density at radius 3 is 2.59 bits per heavy atom. The monoisotopic (exact) mass is 233 g/mol. The van der Waals surface area contributed by atoms with Crippen LogP contribution in [0, 0.1) is 5.92 Å². The summed E-state index contributed by atoms with van der Waals surface area (Å²) in [5, 5.41) is 0. The number of rotatable bonds is 3. The zero-order valence-corrected chi connectivity index (χ0v) is 10.2. The molecule has 0 unspecified atom stereocenters. The third-order valence-electron chi connectivity index (χ3n) is 2.73. The second-order valence-electron chi connectivity index (χ2n) is 4.52. The molecule has 0 radical (unpaired) electrons. The molecular formula is C13H15NO3. The van der Waals surface area contributed by atoms with Crippen molar-refractivity contribution < 1.29 is 14.3 Å². The topological polar surface area (TPSA) is 46.6 Å². The number of methoxy groups -OCH3 is 1. The highest BCUT2D eigenvalue weighted by Crippen LogP contribution is 2.32. The molecule has 1 aliphatic rings. The van der Waals surface area contributed by atoms with E-state index in [0.29, 0.717) is 29.5 Å². The largest absolute Gasteiger partial charge is 0.497 e. The van der Waals surface area contributed by atoms with Gasteiger partial charge in [-0.3, -0.25) is 9.59 Å². The average molecular weight is 233 g/mol. The summed E-state index contributed by atoms with van der Waals surface area (Å²) < 4.78 is 5.06. The number of ketones is 1. The molecule has 0 N–H and O–H groups in total. The van der Waals surface area contributed by atoms with Crippen LogP contribution in [-0.2, 0) is 4.79 Å². The van der Waals surface area contributed by atoms with Gasteiger partial charge in [0.1, 0.15) is 5.75 Å². The molecule has 0 fully saturated rings. The van der Waals surface area contributed by atoms with Crippen LogP contribution in [0.5, 0.6) is 5.75 Å². The van der Waals surface area contributed by atoms with Gasteiger partial charge in [-0.25, -0.2) is 0 Å². The van der Waals surface area contributed by atoms with Gasteiger partial charge < -0.3 is 9.64 Å². The first-order valence-corrected chi connectivity index (χ1v) is 5.59. The molecular weight excluding hydrogens is 218 g/mol. The van der Waals surface area contributed by atoms with Gasteiger partial charge in [-0.1, -0.05) is 13.8 Å². The van der Waals surface area contributed by atoms with Crippen molar-refractivity contribution >= 4 is 17.4 Å². The van der Waals surface area contributed by atoms with Crippen LogP contribution in [0.1, 0.15) is 24.2 Å². The Bertz CT molecular complexity index is 480. The number of benzene rings is 1. The number of Topliss-reactive ketones (excluding diaryl/α,β-unsaturated/α-hetero) is 1. The average Bonchev–Trinajstić information content (AvgIpc) is 2.54. The number of hydrogen-bond acceptors (Lipinski definition) is 3. The molecule has 17 heavy (non-hydrogen) atoms. The Morgan fingerprint density at radius 2 is 2.00 bits per heavy atom. The van der Waals surface area contributed by atoms with E-state index in [2.05, 4.69) is 0 Å². The first-order chi connectivity index (χ1) is 8.04. The van der Waals surface area contributed by atoms with Crippen molar-refractivity contribution in [1.29, 1.82) is 0 Å². The van der Waals surface area contributed by atoms with Gasteiger partial charge in [-0.2, -0.15) is 0 Å². The van der Waals surface area contributed by atoms with Crippen molar-refractivity contribution in [3.8, 4) is 5.75 Å². The number of carbonyl (C=O) groups excluding carboxylic acids is 2. The van der Waals surface area contributed by atoms with E-state index < -0.39 is 11.7 Å². The molecule has 1 aromatic carbocycles.